The molecule has 0 aromatic heterocycles. The highest BCUT2D eigenvalue weighted by Gasteiger charge is 2.27. The van der Waals surface area contributed by atoms with Gasteiger partial charge < -0.3 is 9.19 Å². The van der Waals surface area contributed by atoms with Gasteiger partial charge in [-0.25, -0.2) is 0 Å². The highest BCUT2D eigenvalue weighted by molar-refractivity contribution is 4.55. The predicted molar refractivity (Wildman–Crippen MR) is 81.9 cm³/mol. The minimum atomic E-state index is 0. The van der Waals surface area contributed by atoms with Gasteiger partial charge in [-0.15, -0.1) is 0 Å². The van der Waals surface area contributed by atoms with Crippen LogP contribution >= 0.6 is 0 Å². The van der Waals surface area contributed by atoms with Gasteiger partial charge in [0.05, 0.1) is 26.2 Å². The maximum absolute atomic E-state index is 2.36. The molecule has 1 heterocycles. The number of hydrogen-bond donors (Lipinski definition) is 0. The van der Waals surface area contributed by atoms with Crippen molar-refractivity contribution in [2.24, 2.45) is 0 Å². The fraction of sp³-hybridized carbons (Fsp3) is 1.00. The summed E-state index contributed by atoms with van der Waals surface area (Å²) in [6, 6.07) is 0. The van der Waals surface area contributed by atoms with Gasteiger partial charge in [-0.05, 0) is 38.5 Å². The molecule has 0 radical (unpaired) electrons. The summed E-state index contributed by atoms with van der Waals surface area (Å²) in [5, 5.41) is 0. The number of likely N-dealkylation sites (tertiary alicyclic amines) is 1. The summed E-state index contributed by atoms with van der Waals surface area (Å²) < 4.78 is 1.46. The zero-order valence-electron chi connectivity index (χ0n) is 13.4. The van der Waals surface area contributed by atoms with Gasteiger partial charge >= 0.3 is 0 Å². The predicted octanol–water partition coefficient (Wildman–Crippen LogP) is 2.15. The molecule has 116 valence electrons. The Labute approximate surface area is 120 Å². The fourth-order valence-corrected chi connectivity index (χ4v) is 3.62. The third-order valence-corrected chi connectivity index (χ3v) is 4.70. The Morgan fingerprint density at radius 3 is 1.79 bits per heavy atom. The molecule has 0 aromatic carbocycles. The van der Waals surface area contributed by atoms with E-state index in [1.54, 1.807) is 0 Å². The van der Waals surface area contributed by atoms with Crippen LogP contribution < -0.4 is 4.70 Å². The third kappa shape index (κ3) is 7.91. The molecule has 2 heteroatoms. The van der Waals surface area contributed by atoms with Crippen molar-refractivity contribution in [2.45, 2.75) is 84.5 Å². The van der Waals surface area contributed by atoms with Crippen LogP contribution in [-0.2, 0) is 0 Å². The number of quaternary nitrogens is 1. The van der Waals surface area contributed by atoms with Crippen LogP contribution in [0.1, 0.15) is 84.5 Å². The summed E-state index contributed by atoms with van der Waals surface area (Å²) >= 11 is 0. The van der Waals surface area contributed by atoms with Gasteiger partial charge in [-0.3, -0.25) is 0 Å². The molecule has 0 unspecified atom stereocenters. The van der Waals surface area contributed by atoms with E-state index in [9.17, 15) is 0 Å². The van der Waals surface area contributed by atoms with Gasteiger partial charge in [0.15, 0.2) is 0 Å². The van der Waals surface area contributed by atoms with Crippen LogP contribution in [0.3, 0.4) is 0 Å². The largest absolute Gasteiger partial charge is 1.00 e. The van der Waals surface area contributed by atoms with Crippen molar-refractivity contribution in [3.8, 4) is 0 Å². The Hall–Kier alpha value is -0.110. The second-order valence-corrected chi connectivity index (χ2v) is 6.42. The average molecular weight is 273 g/mol. The first-order valence-electron chi connectivity index (χ1n) is 8.68. The van der Waals surface area contributed by atoms with E-state index >= 15 is 0 Å². The topological polar surface area (TPSA) is 0 Å². The van der Waals surface area contributed by atoms with Crippen molar-refractivity contribution in [1.29, 1.82) is 0 Å². The molecule has 1 nitrogen and oxygen atoms in total. The van der Waals surface area contributed by atoms with Crippen LogP contribution in [0.5, 0.6) is 0 Å². The summed E-state index contributed by atoms with van der Waals surface area (Å²) in [5.74, 6) is 0. The number of halogens is 1. The molecule has 19 heavy (non-hydrogen) atoms. The number of unbranched alkanes of at least 4 members (excludes halogenated alkanes) is 6. The van der Waals surface area contributed by atoms with Crippen LogP contribution in [0.15, 0.2) is 0 Å². The van der Waals surface area contributed by atoms with Crippen molar-refractivity contribution in [1.82, 2.24) is 0 Å². The molecule has 1 aliphatic rings. The third-order valence-electron chi connectivity index (χ3n) is 4.70. The lowest BCUT2D eigenvalue weighted by molar-refractivity contribution is -0.932. The zero-order valence-corrected chi connectivity index (χ0v) is 13.4. The molecule has 0 spiro atoms. The number of nitrogens with zero attached hydrogens (tertiary/aromatic N) is 1. The lowest BCUT2D eigenvalue weighted by atomic mass is 10.0. The van der Waals surface area contributed by atoms with Crippen molar-refractivity contribution < 1.29 is 9.19 Å². The van der Waals surface area contributed by atoms with Crippen LogP contribution in [0.25, 0.3) is 0 Å². The Morgan fingerprint density at radius 2 is 1.21 bits per heavy atom. The highest BCUT2D eigenvalue weighted by Crippen LogP contribution is 2.21. The van der Waals surface area contributed by atoms with Gasteiger partial charge in [0.25, 0.3) is 0 Å². The van der Waals surface area contributed by atoms with Crippen LogP contribution in [-0.4, -0.2) is 30.7 Å². The molecule has 0 atom stereocenters. The quantitative estimate of drug-likeness (QED) is 0.423. The molecule has 0 aliphatic carbocycles. The number of rotatable bonds is 10. The highest BCUT2D eigenvalue weighted by atomic mass is 19.0. The standard InChI is InChI=1S/C17H36N.FH/c1-3-5-6-7-8-9-11-15-18(14-4-2)16-12-10-13-17-18;/h3-17H2,1-2H3;1H/q+1;/p-1. The van der Waals surface area contributed by atoms with E-state index in [1.165, 1.54) is 101 Å². The summed E-state index contributed by atoms with van der Waals surface area (Å²) in [4.78, 5) is 0. The molecule has 1 fully saturated rings. The Balaban J connectivity index is 0.00000324. The lowest BCUT2D eigenvalue weighted by Gasteiger charge is -2.41. The van der Waals surface area contributed by atoms with E-state index in [0.29, 0.717) is 0 Å². The van der Waals surface area contributed by atoms with Crippen molar-refractivity contribution in [3.05, 3.63) is 0 Å². The van der Waals surface area contributed by atoms with Gasteiger partial charge in [-0.2, -0.15) is 0 Å². The SMILES string of the molecule is CCCCCCCCC[N+]1(CCC)CCCCC1.[F-]. The smallest absolute Gasteiger partial charge is 0.0786 e. The number of piperidine rings is 1. The van der Waals surface area contributed by atoms with Gasteiger partial charge in [0.2, 0.25) is 0 Å². The molecular weight excluding hydrogens is 237 g/mol. The summed E-state index contributed by atoms with van der Waals surface area (Å²) in [6.45, 7) is 10.5. The van der Waals surface area contributed by atoms with Crippen molar-refractivity contribution >= 4 is 0 Å². The molecule has 0 saturated carbocycles. The van der Waals surface area contributed by atoms with E-state index in [-0.39, 0.29) is 4.70 Å². The molecule has 1 aliphatic heterocycles. The van der Waals surface area contributed by atoms with E-state index < -0.39 is 0 Å². The Morgan fingerprint density at radius 1 is 0.632 bits per heavy atom. The van der Waals surface area contributed by atoms with E-state index in [0.717, 1.165) is 0 Å². The summed E-state index contributed by atoms with van der Waals surface area (Å²) in [5.41, 5.74) is 0. The Bertz CT molecular complexity index is 182. The zero-order chi connectivity index (χ0) is 13.1. The number of hydrogen-bond acceptors (Lipinski definition) is 0. The van der Waals surface area contributed by atoms with E-state index in [2.05, 4.69) is 13.8 Å². The second-order valence-electron chi connectivity index (χ2n) is 6.42. The first-order chi connectivity index (χ1) is 8.83. The molecule has 1 saturated heterocycles. The Kier molecular flexibility index (Phi) is 11.6. The normalized spacial score (nSPS) is 18.0. The van der Waals surface area contributed by atoms with Crippen LogP contribution in [0, 0.1) is 0 Å². The maximum Gasteiger partial charge on any atom is 0.0786 e. The molecule has 0 N–H and O–H groups in total. The minimum Gasteiger partial charge on any atom is -1.00 e. The molecule has 0 bridgehead atoms. The minimum absolute atomic E-state index is 0. The van der Waals surface area contributed by atoms with Crippen LogP contribution in [0.2, 0.25) is 0 Å². The van der Waals surface area contributed by atoms with Gasteiger partial charge in [0.1, 0.15) is 0 Å². The second kappa shape index (κ2) is 11.7. The monoisotopic (exact) mass is 273 g/mol. The van der Waals surface area contributed by atoms with Gasteiger partial charge in [-0.1, -0.05) is 46.0 Å². The van der Waals surface area contributed by atoms with Crippen molar-refractivity contribution in [3.63, 3.8) is 0 Å². The molecule has 1 rings (SSSR count). The summed E-state index contributed by atoms with van der Waals surface area (Å²) in [6.07, 6.45) is 16.0. The van der Waals surface area contributed by atoms with Gasteiger partial charge in [0, 0.05) is 0 Å². The fourth-order valence-electron chi connectivity index (χ4n) is 3.62. The van der Waals surface area contributed by atoms with E-state index in [1.807, 2.05) is 0 Å². The average Bonchev–Trinajstić information content (AvgIpc) is 2.39. The molecule has 0 aromatic rings. The van der Waals surface area contributed by atoms with Crippen molar-refractivity contribution in [2.75, 3.05) is 26.2 Å². The molecule has 0 amide bonds. The van der Waals surface area contributed by atoms with E-state index in [4.69, 9.17) is 0 Å². The lowest BCUT2D eigenvalue weighted by Crippen LogP contribution is -3.00. The summed E-state index contributed by atoms with van der Waals surface area (Å²) in [7, 11) is 0. The first-order valence-corrected chi connectivity index (χ1v) is 8.68. The molecular formula is C17H36FN. The maximum atomic E-state index is 2.36. The first kappa shape index (κ1) is 18.9. The van der Waals surface area contributed by atoms with Crippen LogP contribution in [0.4, 0.5) is 0 Å².